The Labute approximate surface area is 71.0 Å². The lowest BCUT2D eigenvalue weighted by atomic mass is 9.98. The van der Waals surface area contributed by atoms with Gasteiger partial charge >= 0.3 is 0 Å². The Bertz CT molecular complexity index is 119. The average molecular weight is 158 g/mol. The Hall–Kier alpha value is -0.0800. The lowest BCUT2D eigenvalue weighted by Gasteiger charge is -2.14. The maximum absolute atomic E-state index is 5.78. The van der Waals surface area contributed by atoms with Crippen LogP contribution < -0.4 is 11.1 Å². The second kappa shape index (κ2) is 4.07. The molecule has 0 saturated carbocycles. The van der Waals surface area contributed by atoms with Gasteiger partial charge < -0.3 is 11.1 Å². The first-order valence-electron chi connectivity index (χ1n) is 4.71. The molecule has 0 radical (unpaired) electrons. The molecule has 1 aliphatic heterocycles. The summed E-state index contributed by atoms with van der Waals surface area (Å²) in [6, 6.07) is 1.10. The minimum atomic E-state index is 0. The van der Waals surface area contributed by atoms with E-state index in [2.05, 4.69) is 19.2 Å². The Balaban J connectivity index is 0.00000121. The van der Waals surface area contributed by atoms with Crippen LogP contribution in [0.2, 0.25) is 0 Å². The summed E-state index contributed by atoms with van der Waals surface area (Å²) in [6.07, 6.45) is 3.75. The van der Waals surface area contributed by atoms with E-state index in [-0.39, 0.29) is 1.43 Å². The van der Waals surface area contributed by atoms with Crippen molar-refractivity contribution >= 4 is 0 Å². The zero-order chi connectivity index (χ0) is 8.27. The summed E-state index contributed by atoms with van der Waals surface area (Å²) in [7, 11) is 0. The van der Waals surface area contributed by atoms with Crippen LogP contribution in [0.4, 0.5) is 0 Å². The van der Waals surface area contributed by atoms with Crippen LogP contribution in [0.25, 0.3) is 0 Å². The van der Waals surface area contributed by atoms with E-state index in [1.54, 1.807) is 0 Å². The summed E-state index contributed by atoms with van der Waals surface area (Å²) >= 11 is 0. The Morgan fingerprint density at radius 3 is 2.91 bits per heavy atom. The van der Waals surface area contributed by atoms with Gasteiger partial charge in [-0.25, -0.2) is 0 Å². The SMILES string of the molecule is CCC(C)CC1CC(N)CN1.[HH]. The first kappa shape index (κ1) is 9.01. The number of rotatable bonds is 3. The van der Waals surface area contributed by atoms with Crippen LogP contribution in [0.15, 0.2) is 0 Å². The molecule has 1 aliphatic rings. The van der Waals surface area contributed by atoms with Crippen LogP contribution in [0.5, 0.6) is 0 Å². The molecule has 0 aromatic rings. The normalized spacial score (nSPS) is 34.1. The second-order valence-corrected chi connectivity index (χ2v) is 3.85. The quantitative estimate of drug-likeness (QED) is 0.651. The summed E-state index contributed by atoms with van der Waals surface area (Å²) in [4.78, 5) is 0. The number of nitrogens with one attached hydrogen (secondary N) is 1. The van der Waals surface area contributed by atoms with Crippen molar-refractivity contribution in [2.75, 3.05) is 6.54 Å². The van der Waals surface area contributed by atoms with Crippen molar-refractivity contribution in [2.45, 2.75) is 45.2 Å². The lowest BCUT2D eigenvalue weighted by molar-refractivity contribution is 0.426. The van der Waals surface area contributed by atoms with Gasteiger partial charge in [0, 0.05) is 20.1 Å². The maximum atomic E-state index is 5.78. The molecular weight excluding hydrogens is 136 g/mol. The second-order valence-electron chi connectivity index (χ2n) is 3.85. The highest BCUT2D eigenvalue weighted by Gasteiger charge is 2.21. The summed E-state index contributed by atoms with van der Waals surface area (Å²) in [5.41, 5.74) is 5.78. The fourth-order valence-electron chi connectivity index (χ4n) is 1.68. The molecule has 3 atom stereocenters. The predicted molar refractivity (Wildman–Crippen MR) is 50.6 cm³/mol. The third kappa shape index (κ3) is 2.80. The van der Waals surface area contributed by atoms with Crippen molar-refractivity contribution in [3.8, 4) is 0 Å². The number of hydrogen-bond donors (Lipinski definition) is 2. The van der Waals surface area contributed by atoms with E-state index >= 15 is 0 Å². The number of hydrogen-bond acceptors (Lipinski definition) is 2. The summed E-state index contributed by atoms with van der Waals surface area (Å²) in [5, 5.41) is 3.45. The van der Waals surface area contributed by atoms with Crippen molar-refractivity contribution in [2.24, 2.45) is 11.7 Å². The Morgan fingerprint density at radius 2 is 2.45 bits per heavy atom. The van der Waals surface area contributed by atoms with Crippen molar-refractivity contribution < 1.29 is 1.43 Å². The molecule has 1 saturated heterocycles. The van der Waals surface area contributed by atoms with Crippen molar-refractivity contribution in [3.05, 3.63) is 0 Å². The average Bonchev–Trinajstić information content (AvgIpc) is 2.35. The van der Waals surface area contributed by atoms with Gasteiger partial charge in [0.1, 0.15) is 0 Å². The van der Waals surface area contributed by atoms with Gasteiger partial charge in [-0.05, 0) is 18.8 Å². The van der Waals surface area contributed by atoms with E-state index in [0.717, 1.165) is 12.5 Å². The summed E-state index contributed by atoms with van der Waals surface area (Å²) in [5.74, 6) is 0.845. The minimum absolute atomic E-state index is 0. The highest BCUT2D eigenvalue weighted by Crippen LogP contribution is 2.16. The molecule has 0 bridgehead atoms. The first-order valence-corrected chi connectivity index (χ1v) is 4.71. The van der Waals surface area contributed by atoms with Crippen LogP contribution in [0.3, 0.4) is 0 Å². The Kier molecular flexibility index (Phi) is 3.34. The third-order valence-electron chi connectivity index (χ3n) is 2.64. The molecule has 0 aromatic heterocycles. The topological polar surface area (TPSA) is 38.0 Å². The van der Waals surface area contributed by atoms with Crippen molar-refractivity contribution in [1.29, 1.82) is 0 Å². The monoisotopic (exact) mass is 158 g/mol. The van der Waals surface area contributed by atoms with E-state index in [0.29, 0.717) is 12.1 Å². The van der Waals surface area contributed by atoms with Crippen LogP contribution >= 0.6 is 0 Å². The molecule has 11 heavy (non-hydrogen) atoms. The molecule has 1 fully saturated rings. The van der Waals surface area contributed by atoms with Gasteiger partial charge in [0.2, 0.25) is 0 Å². The molecule has 0 aromatic carbocycles. The van der Waals surface area contributed by atoms with Crippen LogP contribution in [0, 0.1) is 5.92 Å². The molecule has 2 heteroatoms. The van der Waals surface area contributed by atoms with E-state index < -0.39 is 0 Å². The molecule has 3 N–H and O–H groups in total. The van der Waals surface area contributed by atoms with Crippen LogP contribution in [-0.2, 0) is 0 Å². The largest absolute Gasteiger partial charge is 0.326 e. The maximum Gasteiger partial charge on any atom is 0.0180 e. The predicted octanol–water partition coefficient (Wildman–Crippen LogP) is 1.36. The fraction of sp³-hybridized carbons (Fsp3) is 1.00. The van der Waals surface area contributed by atoms with Gasteiger partial charge in [0.05, 0.1) is 0 Å². The highest BCUT2D eigenvalue weighted by molar-refractivity contribution is 4.84. The van der Waals surface area contributed by atoms with E-state index in [1.165, 1.54) is 19.3 Å². The van der Waals surface area contributed by atoms with E-state index in [4.69, 9.17) is 5.73 Å². The van der Waals surface area contributed by atoms with Gasteiger partial charge in [-0.2, -0.15) is 0 Å². The molecule has 1 rings (SSSR count). The lowest BCUT2D eigenvalue weighted by Crippen LogP contribution is -2.24. The van der Waals surface area contributed by atoms with Crippen molar-refractivity contribution in [1.82, 2.24) is 5.32 Å². The van der Waals surface area contributed by atoms with Crippen LogP contribution in [0.1, 0.15) is 34.5 Å². The van der Waals surface area contributed by atoms with Gasteiger partial charge in [-0.3, -0.25) is 0 Å². The molecule has 0 aliphatic carbocycles. The smallest absolute Gasteiger partial charge is 0.0180 e. The zero-order valence-electron chi connectivity index (χ0n) is 7.64. The fourth-order valence-corrected chi connectivity index (χ4v) is 1.68. The van der Waals surface area contributed by atoms with Crippen molar-refractivity contribution in [3.63, 3.8) is 0 Å². The molecule has 1 heterocycles. The molecule has 68 valence electrons. The van der Waals surface area contributed by atoms with E-state index in [9.17, 15) is 0 Å². The third-order valence-corrected chi connectivity index (χ3v) is 2.64. The molecular formula is C9H22N2. The molecule has 0 amide bonds. The molecule has 3 unspecified atom stereocenters. The highest BCUT2D eigenvalue weighted by atomic mass is 15.0. The minimum Gasteiger partial charge on any atom is -0.326 e. The number of nitrogens with two attached hydrogens (primary N) is 1. The van der Waals surface area contributed by atoms with Crippen LogP contribution in [-0.4, -0.2) is 18.6 Å². The molecule has 2 nitrogen and oxygen atoms in total. The van der Waals surface area contributed by atoms with Gasteiger partial charge in [-0.1, -0.05) is 20.3 Å². The summed E-state index contributed by atoms with van der Waals surface area (Å²) in [6.45, 7) is 5.58. The molecule has 0 spiro atoms. The van der Waals surface area contributed by atoms with Gasteiger partial charge in [0.25, 0.3) is 0 Å². The first-order chi connectivity index (χ1) is 5.22. The van der Waals surface area contributed by atoms with E-state index in [1.807, 2.05) is 0 Å². The summed E-state index contributed by atoms with van der Waals surface area (Å²) < 4.78 is 0. The standard InChI is InChI=1S/C9H20N2.H2/c1-3-7(2)4-9-5-8(10)6-11-9;/h7-9,11H,3-6,10H2,1-2H3;1H. The Morgan fingerprint density at radius 1 is 1.73 bits per heavy atom. The zero-order valence-corrected chi connectivity index (χ0v) is 7.64. The van der Waals surface area contributed by atoms with Gasteiger partial charge in [-0.15, -0.1) is 0 Å². The van der Waals surface area contributed by atoms with Gasteiger partial charge in [0.15, 0.2) is 0 Å².